The van der Waals surface area contributed by atoms with E-state index < -0.39 is 0 Å². The second-order valence-electron chi connectivity index (χ2n) is 4.67. The minimum absolute atomic E-state index is 0.874. The van der Waals surface area contributed by atoms with Gasteiger partial charge in [0.2, 0.25) is 0 Å². The monoisotopic (exact) mass is 270 g/mol. The summed E-state index contributed by atoms with van der Waals surface area (Å²) in [6.07, 6.45) is 0. The van der Waals surface area contributed by atoms with Gasteiger partial charge in [0, 0.05) is 31.0 Å². The zero-order valence-corrected chi connectivity index (χ0v) is 12.4. The predicted octanol–water partition coefficient (Wildman–Crippen LogP) is 3.57. The molecule has 2 aromatic rings. The summed E-state index contributed by atoms with van der Waals surface area (Å²) in [7, 11) is 3.78. The van der Waals surface area contributed by atoms with Gasteiger partial charge in [-0.25, -0.2) is 0 Å². The number of hydrogen-bond donors (Lipinski definition) is 1. The largest absolute Gasteiger partial charge is 0.497 e. The van der Waals surface area contributed by atoms with Crippen LogP contribution in [0.1, 0.15) is 12.5 Å². The quantitative estimate of drug-likeness (QED) is 0.868. The number of nitrogens with zero attached hydrogens (tertiary/aromatic N) is 1. The van der Waals surface area contributed by atoms with Gasteiger partial charge in [-0.05, 0) is 30.3 Å². The summed E-state index contributed by atoms with van der Waals surface area (Å²) in [5.41, 5.74) is 3.62. The molecule has 0 aliphatic heterocycles. The highest BCUT2D eigenvalue weighted by Crippen LogP contribution is 2.29. The standard InChI is InChI=1S/C17H22N2O/c1-4-18-13-14-8-5-6-11-17(14)19(2)15-9-7-10-16(12-15)20-3/h5-12,18H,4,13H2,1-3H3. The molecule has 106 valence electrons. The molecule has 20 heavy (non-hydrogen) atoms. The Kier molecular flexibility index (Phi) is 5.02. The highest BCUT2D eigenvalue weighted by atomic mass is 16.5. The molecule has 0 atom stereocenters. The van der Waals surface area contributed by atoms with Crippen molar-refractivity contribution in [1.29, 1.82) is 0 Å². The summed E-state index contributed by atoms with van der Waals surface area (Å²) < 4.78 is 5.30. The Morgan fingerprint density at radius 2 is 1.90 bits per heavy atom. The molecule has 0 spiro atoms. The maximum atomic E-state index is 5.30. The number of nitrogens with one attached hydrogen (secondary N) is 1. The molecule has 0 saturated carbocycles. The summed E-state index contributed by atoms with van der Waals surface area (Å²) in [6.45, 7) is 3.96. The first-order valence-corrected chi connectivity index (χ1v) is 6.92. The molecular formula is C17H22N2O. The van der Waals surface area contributed by atoms with Crippen LogP contribution >= 0.6 is 0 Å². The van der Waals surface area contributed by atoms with Crippen LogP contribution in [0.2, 0.25) is 0 Å². The van der Waals surface area contributed by atoms with Gasteiger partial charge in [0.1, 0.15) is 5.75 Å². The van der Waals surface area contributed by atoms with Gasteiger partial charge in [-0.2, -0.15) is 0 Å². The number of hydrogen-bond acceptors (Lipinski definition) is 3. The fourth-order valence-corrected chi connectivity index (χ4v) is 2.21. The number of ether oxygens (including phenoxy) is 1. The van der Waals surface area contributed by atoms with E-state index in [1.54, 1.807) is 7.11 Å². The van der Waals surface area contributed by atoms with Gasteiger partial charge in [-0.1, -0.05) is 31.2 Å². The zero-order chi connectivity index (χ0) is 14.4. The fraction of sp³-hybridized carbons (Fsp3) is 0.294. The number of methoxy groups -OCH3 is 1. The van der Waals surface area contributed by atoms with Crippen LogP contribution in [0.25, 0.3) is 0 Å². The van der Waals surface area contributed by atoms with Crippen LogP contribution in [-0.2, 0) is 6.54 Å². The summed E-state index contributed by atoms with van der Waals surface area (Å²) in [6, 6.07) is 16.6. The Bertz CT molecular complexity index is 554. The predicted molar refractivity (Wildman–Crippen MR) is 84.9 cm³/mol. The Labute approximate surface area is 121 Å². The second-order valence-corrected chi connectivity index (χ2v) is 4.67. The van der Waals surface area contributed by atoms with E-state index in [0.717, 1.165) is 24.5 Å². The first-order valence-electron chi connectivity index (χ1n) is 6.92. The summed E-state index contributed by atoms with van der Waals surface area (Å²) in [4.78, 5) is 2.19. The summed E-state index contributed by atoms with van der Waals surface area (Å²) in [5, 5.41) is 3.38. The molecule has 0 unspecified atom stereocenters. The van der Waals surface area contributed by atoms with E-state index in [1.807, 2.05) is 18.2 Å². The molecule has 0 bridgehead atoms. The lowest BCUT2D eigenvalue weighted by atomic mass is 10.1. The number of rotatable bonds is 6. The molecule has 3 heteroatoms. The third-order valence-electron chi connectivity index (χ3n) is 3.36. The van der Waals surface area contributed by atoms with E-state index in [-0.39, 0.29) is 0 Å². The van der Waals surface area contributed by atoms with Gasteiger partial charge < -0.3 is 15.0 Å². The average Bonchev–Trinajstić information content (AvgIpc) is 2.52. The van der Waals surface area contributed by atoms with Crippen molar-refractivity contribution in [2.75, 3.05) is 25.6 Å². The number of benzene rings is 2. The minimum atomic E-state index is 0.874. The van der Waals surface area contributed by atoms with Gasteiger partial charge in [-0.3, -0.25) is 0 Å². The summed E-state index contributed by atoms with van der Waals surface area (Å²) >= 11 is 0. The lowest BCUT2D eigenvalue weighted by Crippen LogP contribution is -2.17. The molecule has 0 amide bonds. The smallest absolute Gasteiger partial charge is 0.120 e. The normalized spacial score (nSPS) is 10.3. The molecular weight excluding hydrogens is 248 g/mol. The fourth-order valence-electron chi connectivity index (χ4n) is 2.21. The lowest BCUT2D eigenvalue weighted by molar-refractivity contribution is 0.415. The Hall–Kier alpha value is -2.00. The van der Waals surface area contributed by atoms with Crippen molar-refractivity contribution in [2.45, 2.75) is 13.5 Å². The topological polar surface area (TPSA) is 24.5 Å². The van der Waals surface area contributed by atoms with Crippen molar-refractivity contribution in [3.8, 4) is 5.75 Å². The first-order chi connectivity index (χ1) is 9.76. The number of anilines is 2. The van der Waals surface area contributed by atoms with Crippen LogP contribution < -0.4 is 15.0 Å². The molecule has 0 fully saturated rings. The molecule has 0 heterocycles. The minimum Gasteiger partial charge on any atom is -0.497 e. The molecule has 2 aromatic carbocycles. The van der Waals surface area contributed by atoms with E-state index in [1.165, 1.54) is 11.3 Å². The maximum Gasteiger partial charge on any atom is 0.120 e. The van der Waals surface area contributed by atoms with Gasteiger partial charge >= 0.3 is 0 Å². The third-order valence-corrected chi connectivity index (χ3v) is 3.36. The van der Waals surface area contributed by atoms with Gasteiger partial charge in [0.15, 0.2) is 0 Å². The van der Waals surface area contributed by atoms with Gasteiger partial charge in [0.05, 0.1) is 7.11 Å². The SMILES string of the molecule is CCNCc1ccccc1N(C)c1cccc(OC)c1. The molecule has 0 saturated heterocycles. The Balaban J connectivity index is 2.29. The van der Waals surface area contributed by atoms with E-state index in [4.69, 9.17) is 4.74 Å². The molecule has 0 aliphatic rings. The Morgan fingerprint density at radius 3 is 2.65 bits per heavy atom. The number of para-hydroxylation sites is 1. The maximum absolute atomic E-state index is 5.30. The molecule has 2 rings (SSSR count). The van der Waals surface area contributed by atoms with E-state index >= 15 is 0 Å². The van der Waals surface area contributed by atoms with Crippen LogP contribution in [0.4, 0.5) is 11.4 Å². The molecule has 0 aliphatic carbocycles. The van der Waals surface area contributed by atoms with E-state index in [2.05, 4.69) is 54.5 Å². The molecule has 0 aromatic heterocycles. The molecule has 3 nitrogen and oxygen atoms in total. The van der Waals surface area contributed by atoms with Crippen molar-refractivity contribution in [1.82, 2.24) is 5.32 Å². The van der Waals surface area contributed by atoms with Crippen molar-refractivity contribution >= 4 is 11.4 Å². The second kappa shape index (κ2) is 6.96. The molecule has 0 radical (unpaired) electrons. The van der Waals surface area contributed by atoms with Crippen molar-refractivity contribution in [3.63, 3.8) is 0 Å². The van der Waals surface area contributed by atoms with Crippen LogP contribution in [0.3, 0.4) is 0 Å². The first kappa shape index (κ1) is 14.4. The third kappa shape index (κ3) is 3.31. The van der Waals surface area contributed by atoms with Crippen LogP contribution in [0, 0.1) is 0 Å². The molecule has 1 N–H and O–H groups in total. The van der Waals surface area contributed by atoms with Gasteiger partial charge in [0.25, 0.3) is 0 Å². The van der Waals surface area contributed by atoms with Crippen LogP contribution in [0.5, 0.6) is 5.75 Å². The van der Waals surface area contributed by atoms with E-state index in [9.17, 15) is 0 Å². The van der Waals surface area contributed by atoms with Crippen LogP contribution in [0.15, 0.2) is 48.5 Å². The highest BCUT2D eigenvalue weighted by Gasteiger charge is 2.09. The van der Waals surface area contributed by atoms with E-state index in [0.29, 0.717) is 0 Å². The van der Waals surface area contributed by atoms with Crippen molar-refractivity contribution in [2.24, 2.45) is 0 Å². The van der Waals surface area contributed by atoms with Crippen molar-refractivity contribution < 1.29 is 4.74 Å². The van der Waals surface area contributed by atoms with Gasteiger partial charge in [-0.15, -0.1) is 0 Å². The highest BCUT2D eigenvalue weighted by molar-refractivity contribution is 5.66. The average molecular weight is 270 g/mol. The lowest BCUT2D eigenvalue weighted by Gasteiger charge is -2.23. The van der Waals surface area contributed by atoms with Crippen molar-refractivity contribution in [3.05, 3.63) is 54.1 Å². The summed E-state index contributed by atoms with van der Waals surface area (Å²) in [5.74, 6) is 0.874. The zero-order valence-electron chi connectivity index (χ0n) is 12.4. The van der Waals surface area contributed by atoms with Crippen LogP contribution in [-0.4, -0.2) is 20.7 Å². The Morgan fingerprint density at radius 1 is 1.10 bits per heavy atom.